The summed E-state index contributed by atoms with van der Waals surface area (Å²) in [5.74, 6) is -1.53. The Morgan fingerprint density at radius 1 is 1.04 bits per heavy atom. The molecule has 3 heterocycles. The number of unbranched alkanes of at least 4 members (excludes halogenated alkanes) is 1. The van der Waals surface area contributed by atoms with Crippen LogP contribution in [0.25, 0.3) is 11.1 Å². The fourth-order valence-corrected chi connectivity index (χ4v) is 7.21. The van der Waals surface area contributed by atoms with Crippen LogP contribution in [0.2, 0.25) is 0 Å². The molecule has 12 nitrogen and oxygen atoms in total. The number of hydrogen-bond donors (Lipinski definition) is 2. The van der Waals surface area contributed by atoms with Crippen LogP contribution < -0.4 is 10.5 Å². The Morgan fingerprint density at radius 3 is 2.49 bits per heavy atom. The molecule has 1 saturated heterocycles. The van der Waals surface area contributed by atoms with E-state index in [-0.39, 0.29) is 44.1 Å². The van der Waals surface area contributed by atoms with Crippen LogP contribution in [0, 0.1) is 5.92 Å². The number of para-hydroxylation sites is 2. The van der Waals surface area contributed by atoms with Crippen LogP contribution in [0.5, 0.6) is 0 Å². The van der Waals surface area contributed by atoms with E-state index in [1.807, 2.05) is 30.3 Å². The second-order valence-corrected chi connectivity index (χ2v) is 14.9. The van der Waals surface area contributed by atoms with Gasteiger partial charge in [0.25, 0.3) is 5.89 Å². The number of fused-ring (bicyclic) bond motifs is 1. The average Bonchev–Trinajstić information content (AvgIpc) is 3.83. The standard InChI is InChI=1S/C35H41BrN4O8S/c1-49(44,45)39-28(16-14-23-9-3-2-4-10-23)35(43)40-21-26(46-22-25-15-17-32(36)47-25)20-29(40)30(41)19-24(11-7-8-18-37)33(42)34-38-27-12-5-6-13-31(27)48-34/h2-6,9-10,12-13,15,17,24,26,28-29,39H,7-8,11,14,16,18-22,37H2,1H3/t24-,26-,28-,29+/m1/s1. The Labute approximate surface area is 293 Å². The lowest BCUT2D eigenvalue weighted by Crippen LogP contribution is -2.52. The number of sulfonamides is 1. The zero-order chi connectivity index (χ0) is 35.0. The maximum absolute atomic E-state index is 14.2. The minimum Gasteiger partial charge on any atom is -0.452 e. The second kappa shape index (κ2) is 16.8. The molecule has 0 unspecified atom stereocenters. The Balaban J connectivity index is 1.38. The zero-order valence-electron chi connectivity index (χ0n) is 27.3. The van der Waals surface area contributed by atoms with E-state index in [4.69, 9.17) is 19.3 Å². The molecule has 1 aliphatic heterocycles. The molecule has 0 bridgehead atoms. The number of aromatic nitrogens is 1. The summed E-state index contributed by atoms with van der Waals surface area (Å²) in [5, 5.41) is 0. The van der Waals surface area contributed by atoms with Gasteiger partial charge in [-0.05, 0) is 78.0 Å². The normalized spacial score (nSPS) is 17.7. The largest absolute Gasteiger partial charge is 0.452 e. The zero-order valence-corrected chi connectivity index (χ0v) is 29.7. The number of nitrogens with zero attached hydrogens (tertiary/aromatic N) is 2. The van der Waals surface area contributed by atoms with Crippen LogP contribution in [-0.2, 0) is 37.4 Å². The number of carbonyl (C=O) groups is 3. The van der Waals surface area contributed by atoms with E-state index in [9.17, 15) is 22.8 Å². The number of ether oxygens (including phenoxy) is 1. The van der Waals surface area contributed by atoms with Crippen molar-refractivity contribution in [3.8, 4) is 0 Å². The number of benzene rings is 2. The lowest BCUT2D eigenvalue weighted by molar-refractivity contribution is -0.139. The molecule has 2 aromatic carbocycles. The van der Waals surface area contributed by atoms with E-state index in [0.29, 0.717) is 53.8 Å². The molecule has 0 aliphatic carbocycles. The van der Waals surface area contributed by atoms with Crippen molar-refractivity contribution >= 4 is 54.5 Å². The number of nitrogens with two attached hydrogens (primary N) is 1. The third-order valence-electron chi connectivity index (χ3n) is 8.56. The Hall–Kier alpha value is -3.69. The van der Waals surface area contributed by atoms with E-state index >= 15 is 0 Å². The molecule has 2 aromatic heterocycles. The molecule has 3 N–H and O–H groups in total. The first kappa shape index (κ1) is 36.6. The van der Waals surface area contributed by atoms with Crippen LogP contribution in [0.1, 0.15) is 60.5 Å². The molecule has 1 aliphatic rings. The molecule has 49 heavy (non-hydrogen) atoms. The molecule has 0 radical (unpaired) electrons. The maximum atomic E-state index is 14.2. The number of carbonyl (C=O) groups excluding carboxylic acids is 3. The summed E-state index contributed by atoms with van der Waals surface area (Å²) in [6.45, 7) is 0.600. The summed E-state index contributed by atoms with van der Waals surface area (Å²) in [6.07, 6.45) is 2.73. The van der Waals surface area contributed by atoms with Gasteiger partial charge in [0.05, 0.1) is 18.4 Å². The van der Waals surface area contributed by atoms with Gasteiger partial charge in [-0.2, -0.15) is 0 Å². The highest BCUT2D eigenvalue weighted by Gasteiger charge is 2.43. The number of rotatable bonds is 18. The highest BCUT2D eigenvalue weighted by molar-refractivity contribution is 9.10. The molecule has 0 saturated carbocycles. The van der Waals surface area contributed by atoms with Gasteiger partial charge in [0, 0.05) is 25.3 Å². The third-order valence-corrected chi connectivity index (χ3v) is 9.70. The van der Waals surface area contributed by atoms with Gasteiger partial charge in [-0.15, -0.1) is 0 Å². The van der Waals surface area contributed by atoms with Crippen molar-refractivity contribution in [2.24, 2.45) is 11.7 Å². The first-order chi connectivity index (χ1) is 23.5. The van der Waals surface area contributed by atoms with Gasteiger partial charge in [-0.25, -0.2) is 18.1 Å². The van der Waals surface area contributed by atoms with E-state index < -0.39 is 45.8 Å². The highest BCUT2D eigenvalue weighted by Crippen LogP contribution is 2.29. The Kier molecular flexibility index (Phi) is 12.6. The molecular formula is C35H41BrN4O8S. The van der Waals surface area contributed by atoms with Crippen molar-refractivity contribution in [2.45, 2.75) is 69.7 Å². The molecule has 4 atom stereocenters. The number of nitrogens with one attached hydrogen (secondary N) is 1. The van der Waals surface area contributed by atoms with Crippen molar-refractivity contribution in [1.29, 1.82) is 0 Å². The maximum Gasteiger partial charge on any atom is 0.264 e. The molecule has 0 spiro atoms. The first-order valence-corrected chi connectivity index (χ1v) is 19.0. The van der Waals surface area contributed by atoms with Gasteiger partial charge in [-0.1, -0.05) is 48.9 Å². The Morgan fingerprint density at radius 2 is 1.80 bits per heavy atom. The molecule has 1 amide bonds. The summed E-state index contributed by atoms with van der Waals surface area (Å²) in [6, 6.07) is 17.9. The predicted molar refractivity (Wildman–Crippen MR) is 186 cm³/mol. The van der Waals surface area contributed by atoms with Gasteiger partial charge in [0.2, 0.25) is 21.7 Å². The summed E-state index contributed by atoms with van der Waals surface area (Å²) in [4.78, 5) is 47.9. The number of amides is 1. The van der Waals surface area contributed by atoms with Gasteiger partial charge >= 0.3 is 0 Å². The summed E-state index contributed by atoms with van der Waals surface area (Å²) in [5.41, 5.74) is 7.67. The molecular weight excluding hydrogens is 716 g/mol. The molecule has 14 heteroatoms. The highest BCUT2D eigenvalue weighted by atomic mass is 79.9. The van der Waals surface area contributed by atoms with Crippen molar-refractivity contribution in [1.82, 2.24) is 14.6 Å². The van der Waals surface area contributed by atoms with Crippen LogP contribution >= 0.6 is 15.9 Å². The number of ketones is 2. The lowest BCUT2D eigenvalue weighted by atomic mass is 9.89. The fourth-order valence-electron chi connectivity index (χ4n) is 6.14. The fraction of sp³-hybridized carbons (Fsp3) is 0.429. The lowest BCUT2D eigenvalue weighted by Gasteiger charge is -2.29. The number of Topliss-reactive ketones (excluding diaryl/α,β-unsaturated/α-hetero) is 2. The average molecular weight is 758 g/mol. The number of halogens is 1. The number of aryl methyl sites for hydroxylation is 1. The summed E-state index contributed by atoms with van der Waals surface area (Å²) < 4.78 is 45.3. The molecule has 5 rings (SSSR count). The monoisotopic (exact) mass is 756 g/mol. The quantitative estimate of drug-likeness (QED) is 0.106. The SMILES string of the molecule is CS(=O)(=O)N[C@H](CCc1ccccc1)C(=O)N1C[C@H](OCc2ccc(Br)o2)C[C@H]1C(=O)C[C@@H](CCCCN)C(=O)c1nc2ccccc2o1. The second-order valence-electron chi connectivity index (χ2n) is 12.4. The van der Waals surface area contributed by atoms with E-state index in [0.717, 1.165) is 11.8 Å². The number of hydrogen-bond acceptors (Lipinski definition) is 10. The predicted octanol–water partition coefficient (Wildman–Crippen LogP) is 4.81. The van der Waals surface area contributed by atoms with Crippen molar-refractivity contribution in [3.63, 3.8) is 0 Å². The van der Waals surface area contributed by atoms with Crippen LogP contribution in [0.4, 0.5) is 0 Å². The number of likely N-dealkylation sites (tertiary alicyclic amines) is 1. The van der Waals surface area contributed by atoms with E-state index in [1.165, 1.54) is 4.90 Å². The van der Waals surface area contributed by atoms with E-state index in [1.54, 1.807) is 36.4 Å². The topological polar surface area (TPSA) is 175 Å². The third kappa shape index (κ3) is 10.2. The van der Waals surface area contributed by atoms with Gasteiger partial charge in [0.1, 0.15) is 23.9 Å². The van der Waals surface area contributed by atoms with Gasteiger partial charge < -0.3 is 24.2 Å². The summed E-state index contributed by atoms with van der Waals surface area (Å²) >= 11 is 3.28. The van der Waals surface area contributed by atoms with Crippen molar-refractivity contribution < 1.29 is 36.4 Å². The molecule has 1 fully saturated rings. The number of oxazole rings is 1. The molecule has 262 valence electrons. The molecule has 4 aromatic rings. The minimum absolute atomic E-state index is 0.0569. The van der Waals surface area contributed by atoms with Crippen molar-refractivity contribution in [3.05, 3.63) is 88.6 Å². The number of furan rings is 1. The summed E-state index contributed by atoms with van der Waals surface area (Å²) in [7, 11) is -3.79. The first-order valence-electron chi connectivity index (χ1n) is 16.3. The van der Waals surface area contributed by atoms with Gasteiger partial charge in [-0.3, -0.25) is 14.4 Å². The van der Waals surface area contributed by atoms with Gasteiger partial charge in [0.15, 0.2) is 16.0 Å². The van der Waals surface area contributed by atoms with Crippen LogP contribution in [0.3, 0.4) is 0 Å². The van der Waals surface area contributed by atoms with Crippen molar-refractivity contribution in [2.75, 3.05) is 19.3 Å². The minimum atomic E-state index is -3.79. The van der Waals surface area contributed by atoms with E-state index in [2.05, 4.69) is 25.6 Å². The smallest absolute Gasteiger partial charge is 0.264 e. The van der Waals surface area contributed by atoms with Crippen LogP contribution in [0.15, 0.2) is 80.2 Å². The Bertz CT molecular complexity index is 1810. The van der Waals surface area contributed by atoms with Crippen LogP contribution in [-0.4, -0.2) is 73.3 Å².